The quantitative estimate of drug-likeness (QED) is 0.875. The predicted molar refractivity (Wildman–Crippen MR) is 86.5 cm³/mol. The maximum absolute atomic E-state index is 12.5. The maximum Gasteiger partial charge on any atom is 0.241 e. The Morgan fingerprint density at radius 2 is 2.13 bits per heavy atom. The molecule has 0 spiro atoms. The van der Waals surface area contributed by atoms with E-state index >= 15 is 0 Å². The summed E-state index contributed by atoms with van der Waals surface area (Å²) in [5.41, 5.74) is 1.96. The van der Waals surface area contributed by atoms with E-state index in [1.807, 2.05) is 10.9 Å². The molecule has 1 N–H and O–H groups in total. The van der Waals surface area contributed by atoms with Gasteiger partial charge in [-0.15, -0.1) is 0 Å². The van der Waals surface area contributed by atoms with Crippen LogP contribution in [0.4, 0.5) is 0 Å². The summed E-state index contributed by atoms with van der Waals surface area (Å²) in [7, 11) is -1.88. The number of nitrogens with zero attached hydrogens (tertiary/aromatic N) is 2. The van der Waals surface area contributed by atoms with Gasteiger partial charge >= 0.3 is 0 Å². The Labute approximate surface area is 136 Å². The number of nitrogens with one attached hydrogen (secondary N) is 1. The zero-order chi connectivity index (χ0) is 16.3. The Bertz CT molecular complexity index is 756. The van der Waals surface area contributed by atoms with Crippen LogP contribution in [0.25, 0.3) is 0 Å². The number of benzene rings is 1. The number of aryl methyl sites for hydroxylation is 1. The van der Waals surface area contributed by atoms with E-state index in [0.717, 1.165) is 30.5 Å². The van der Waals surface area contributed by atoms with Crippen LogP contribution in [0, 0.1) is 0 Å². The first-order chi connectivity index (χ1) is 11.1. The van der Waals surface area contributed by atoms with Crippen molar-refractivity contribution in [3.05, 3.63) is 47.8 Å². The summed E-state index contributed by atoms with van der Waals surface area (Å²) in [6.45, 7) is 1.25. The largest absolute Gasteiger partial charge is 0.383 e. The highest BCUT2D eigenvalue weighted by molar-refractivity contribution is 7.89. The van der Waals surface area contributed by atoms with Gasteiger partial charge in [0.25, 0.3) is 0 Å². The highest BCUT2D eigenvalue weighted by Crippen LogP contribution is 2.29. The van der Waals surface area contributed by atoms with Gasteiger partial charge in [-0.25, -0.2) is 13.1 Å². The molecule has 0 saturated heterocycles. The first kappa shape index (κ1) is 16.2. The third kappa shape index (κ3) is 3.63. The number of methoxy groups -OCH3 is 1. The van der Waals surface area contributed by atoms with E-state index in [9.17, 15) is 8.42 Å². The second-order valence-corrected chi connectivity index (χ2v) is 7.39. The molecular weight excluding hydrogens is 314 g/mol. The number of sulfonamides is 1. The number of hydrogen-bond donors (Lipinski definition) is 1. The zero-order valence-electron chi connectivity index (χ0n) is 13.1. The molecule has 0 aliphatic heterocycles. The molecule has 3 rings (SSSR count). The first-order valence-electron chi connectivity index (χ1n) is 7.73. The first-order valence-corrected chi connectivity index (χ1v) is 9.21. The topological polar surface area (TPSA) is 73.2 Å². The van der Waals surface area contributed by atoms with Crippen LogP contribution in [0.2, 0.25) is 0 Å². The fourth-order valence-corrected chi connectivity index (χ4v) is 4.12. The van der Waals surface area contributed by atoms with Gasteiger partial charge in [0.1, 0.15) is 0 Å². The zero-order valence-corrected chi connectivity index (χ0v) is 13.9. The van der Waals surface area contributed by atoms with Gasteiger partial charge < -0.3 is 4.74 Å². The molecular formula is C16H21N3O3S. The number of rotatable bonds is 6. The third-order valence-corrected chi connectivity index (χ3v) is 5.50. The van der Waals surface area contributed by atoms with Gasteiger partial charge in [-0.3, -0.25) is 4.68 Å². The molecule has 0 fully saturated rings. The van der Waals surface area contributed by atoms with Gasteiger partial charge in [-0.2, -0.15) is 5.10 Å². The molecule has 0 amide bonds. The fraction of sp³-hybridized carbons (Fsp3) is 0.438. The molecule has 1 aromatic heterocycles. The molecule has 0 bridgehead atoms. The normalized spacial score (nSPS) is 17.9. The van der Waals surface area contributed by atoms with Crippen molar-refractivity contribution in [2.24, 2.45) is 0 Å². The Morgan fingerprint density at radius 3 is 2.87 bits per heavy atom. The molecule has 0 saturated carbocycles. The van der Waals surface area contributed by atoms with Crippen LogP contribution in [-0.4, -0.2) is 31.9 Å². The summed E-state index contributed by atoms with van der Waals surface area (Å²) >= 11 is 0. The minimum atomic E-state index is -3.53. The average Bonchev–Trinajstić information content (AvgIpc) is 2.98. The molecule has 7 heteroatoms. The van der Waals surface area contributed by atoms with Gasteiger partial charge in [-0.1, -0.05) is 18.2 Å². The average molecular weight is 335 g/mol. The van der Waals surface area contributed by atoms with Crippen molar-refractivity contribution in [1.29, 1.82) is 0 Å². The summed E-state index contributed by atoms with van der Waals surface area (Å²) in [5, 5.41) is 4.56. The fourth-order valence-electron chi connectivity index (χ4n) is 2.87. The molecule has 0 unspecified atom stereocenters. The van der Waals surface area contributed by atoms with Gasteiger partial charge in [0, 0.05) is 13.3 Å². The molecule has 1 aliphatic carbocycles. The Kier molecular flexibility index (Phi) is 4.79. The van der Waals surface area contributed by atoms with Gasteiger partial charge in [0.05, 0.1) is 29.8 Å². The van der Waals surface area contributed by atoms with Gasteiger partial charge in [0.15, 0.2) is 0 Å². The van der Waals surface area contributed by atoms with Crippen LogP contribution < -0.4 is 4.72 Å². The molecule has 124 valence electrons. The van der Waals surface area contributed by atoms with E-state index in [-0.39, 0.29) is 10.9 Å². The van der Waals surface area contributed by atoms with E-state index in [2.05, 4.69) is 9.82 Å². The number of ether oxygens (including phenoxy) is 1. The molecule has 0 radical (unpaired) electrons. The second-order valence-electron chi connectivity index (χ2n) is 5.67. The molecule has 1 heterocycles. The lowest BCUT2D eigenvalue weighted by molar-refractivity contribution is 0.183. The van der Waals surface area contributed by atoms with Crippen molar-refractivity contribution in [2.45, 2.75) is 36.7 Å². The predicted octanol–water partition coefficient (Wildman–Crippen LogP) is 1.89. The number of fused-ring (bicyclic) bond motifs is 1. The molecule has 2 aromatic rings. The van der Waals surface area contributed by atoms with Crippen molar-refractivity contribution < 1.29 is 13.2 Å². The summed E-state index contributed by atoms with van der Waals surface area (Å²) in [6.07, 6.45) is 4.65. The van der Waals surface area contributed by atoms with E-state index in [4.69, 9.17) is 4.74 Å². The molecule has 1 aromatic carbocycles. The van der Waals surface area contributed by atoms with Gasteiger partial charge in [-0.05, 0) is 37.0 Å². The lowest BCUT2D eigenvalue weighted by atomic mass is 9.94. The minimum absolute atomic E-state index is 0.271. The molecule has 1 aliphatic rings. The Hall–Kier alpha value is -1.70. The Balaban J connectivity index is 1.82. The van der Waals surface area contributed by atoms with E-state index in [1.54, 1.807) is 37.4 Å². The second kappa shape index (κ2) is 6.82. The summed E-state index contributed by atoms with van der Waals surface area (Å²) in [5.74, 6) is 0. The lowest BCUT2D eigenvalue weighted by Gasteiger charge is -2.22. The molecule has 23 heavy (non-hydrogen) atoms. The Morgan fingerprint density at radius 1 is 1.35 bits per heavy atom. The smallest absolute Gasteiger partial charge is 0.241 e. The van der Waals surface area contributed by atoms with Crippen molar-refractivity contribution in [3.8, 4) is 0 Å². The molecule has 6 nitrogen and oxygen atoms in total. The minimum Gasteiger partial charge on any atom is -0.383 e. The van der Waals surface area contributed by atoms with Crippen molar-refractivity contribution in [1.82, 2.24) is 14.5 Å². The van der Waals surface area contributed by atoms with Crippen LogP contribution in [0.1, 0.15) is 30.1 Å². The monoisotopic (exact) mass is 335 g/mol. The van der Waals surface area contributed by atoms with E-state index in [1.165, 1.54) is 0 Å². The summed E-state index contributed by atoms with van der Waals surface area (Å²) in [4.78, 5) is 0.283. The number of aromatic nitrogens is 2. The highest BCUT2D eigenvalue weighted by Gasteiger charge is 2.28. The highest BCUT2D eigenvalue weighted by atomic mass is 32.2. The number of hydrogen-bond acceptors (Lipinski definition) is 4. The van der Waals surface area contributed by atoms with Crippen molar-refractivity contribution >= 4 is 10.0 Å². The van der Waals surface area contributed by atoms with E-state index in [0.29, 0.717) is 13.2 Å². The van der Waals surface area contributed by atoms with Crippen LogP contribution in [0.15, 0.2) is 41.4 Å². The van der Waals surface area contributed by atoms with Crippen LogP contribution in [-0.2, 0) is 27.7 Å². The summed E-state index contributed by atoms with van der Waals surface area (Å²) < 4.78 is 34.8. The lowest BCUT2D eigenvalue weighted by Crippen LogP contribution is -2.31. The van der Waals surface area contributed by atoms with Crippen molar-refractivity contribution in [3.63, 3.8) is 0 Å². The standard InChI is InChI=1S/C16H21N3O3S/c1-22-11-10-19-12-13-6-5-9-15(16(13)17-19)18-23(20,21)14-7-3-2-4-8-14/h2-4,7-8,12,15,18H,5-6,9-11H2,1H3/t15-/m0/s1. The van der Waals surface area contributed by atoms with Gasteiger partial charge in [0.2, 0.25) is 10.0 Å². The third-order valence-electron chi connectivity index (χ3n) is 4.01. The van der Waals surface area contributed by atoms with Crippen LogP contribution >= 0.6 is 0 Å². The van der Waals surface area contributed by atoms with Crippen molar-refractivity contribution in [2.75, 3.05) is 13.7 Å². The van der Waals surface area contributed by atoms with Crippen LogP contribution in [0.3, 0.4) is 0 Å². The summed E-state index contributed by atoms with van der Waals surface area (Å²) in [6, 6.07) is 8.18. The molecule has 1 atom stereocenters. The van der Waals surface area contributed by atoms with Crippen LogP contribution in [0.5, 0.6) is 0 Å². The SMILES string of the molecule is COCCn1cc2c(n1)[C@@H](NS(=O)(=O)c1ccccc1)CCC2. The maximum atomic E-state index is 12.5. The van der Waals surface area contributed by atoms with E-state index < -0.39 is 10.0 Å².